The molecule has 0 aliphatic carbocycles. The molecule has 0 radical (unpaired) electrons. The van der Waals surface area contributed by atoms with Gasteiger partial charge in [0.15, 0.2) is 0 Å². The minimum absolute atomic E-state index is 0.143. The lowest BCUT2D eigenvalue weighted by Gasteiger charge is -2.05. The van der Waals surface area contributed by atoms with Crippen LogP contribution in [0.1, 0.15) is 18.2 Å². The maximum atomic E-state index is 11.9. The minimum Gasteiger partial charge on any atom is -0.494 e. The Morgan fingerprint density at radius 2 is 1.87 bits per heavy atom. The zero-order valence-corrected chi connectivity index (χ0v) is 13.0. The molecule has 4 heteroatoms. The van der Waals surface area contributed by atoms with Crippen LogP contribution in [0.2, 0.25) is 0 Å². The third-order valence-corrected chi connectivity index (χ3v) is 3.43. The number of hydrogen-bond donors (Lipinski definition) is 0. The van der Waals surface area contributed by atoms with Crippen molar-refractivity contribution in [2.75, 3.05) is 6.61 Å². The standard InChI is InChI=1S/C19H18O4/c1-2-21-16-9-7-14(8-10-16)11-19(20)22-13-17-12-15-5-3-4-6-18(15)23-17/h3-10,12H,2,11,13H2,1H3. The summed E-state index contributed by atoms with van der Waals surface area (Å²) in [6.07, 6.45) is 0.229. The molecule has 0 saturated carbocycles. The predicted octanol–water partition coefficient (Wildman–Crippen LogP) is 4.12. The van der Waals surface area contributed by atoms with Crippen LogP contribution in [-0.2, 0) is 22.6 Å². The normalized spacial score (nSPS) is 10.7. The van der Waals surface area contributed by atoms with Crippen molar-refractivity contribution in [2.24, 2.45) is 0 Å². The molecule has 0 fully saturated rings. The van der Waals surface area contributed by atoms with Gasteiger partial charge in [-0.15, -0.1) is 0 Å². The van der Waals surface area contributed by atoms with Crippen molar-refractivity contribution in [1.82, 2.24) is 0 Å². The van der Waals surface area contributed by atoms with Crippen LogP contribution < -0.4 is 4.74 Å². The Bertz CT molecular complexity index is 753. The van der Waals surface area contributed by atoms with Crippen LogP contribution in [-0.4, -0.2) is 12.6 Å². The number of rotatable bonds is 6. The summed E-state index contributed by atoms with van der Waals surface area (Å²) in [6, 6.07) is 17.0. The first kappa shape index (κ1) is 15.2. The smallest absolute Gasteiger partial charge is 0.310 e. The largest absolute Gasteiger partial charge is 0.494 e. The molecule has 23 heavy (non-hydrogen) atoms. The van der Waals surface area contributed by atoms with Crippen molar-refractivity contribution in [3.8, 4) is 5.75 Å². The lowest BCUT2D eigenvalue weighted by molar-refractivity contribution is -0.144. The van der Waals surface area contributed by atoms with Gasteiger partial charge in [0.05, 0.1) is 13.0 Å². The van der Waals surface area contributed by atoms with E-state index >= 15 is 0 Å². The van der Waals surface area contributed by atoms with Gasteiger partial charge in [-0.3, -0.25) is 4.79 Å². The number of carbonyl (C=O) groups is 1. The zero-order valence-electron chi connectivity index (χ0n) is 13.0. The number of benzene rings is 2. The van der Waals surface area contributed by atoms with E-state index < -0.39 is 0 Å². The summed E-state index contributed by atoms with van der Waals surface area (Å²) in [5, 5.41) is 1.00. The van der Waals surface area contributed by atoms with Crippen molar-refractivity contribution in [2.45, 2.75) is 20.0 Å². The molecule has 3 rings (SSSR count). The number of carbonyl (C=O) groups excluding carboxylic acids is 1. The molecule has 0 bridgehead atoms. The van der Waals surface area contributed by atoms with E-state index in [2.05, 4.69) is 0 Å². The number of ether oxygens (including phenoxy) is 2. The van der Waals surface area contributed by atoms with Gasteiger partial charge in [-0.05, 0) is 36.8 Å². The molecule has 4 nitrogen and oxygen atoms in total. The third kappa shape index (κ3) is 3.92. The quantitative estimate of drug-likeness (QED) is 0.643. The summed E-state index contributed by atoms with van der Waals surface area (Å²) in [5.41, 5.74) is 1.69. The van der Waals surface area contributed by atoms with Crippen LogP contribution in [0.15, 0.2) is 59.0 Å². The highest BCUT2D eigenvalue weighted by Gasteiger charge is 2.08. The summed E-state index contributed by atoms with van der Waals surface area (Å²) in [6.45, 7) is 2.70. The van der Waals surface area contributed by atoms with Gasteiger partial charge in [0.25, 0.3) is 0 Å². The summed E-state index contributed by atoms with van der Waals surface area (Å²) in [7, 11) is 0. The zero-order chi connectivity index (χ0) is 16.1. The first-order chi connectivity index (χ1) is 11.2. The molecule has 0 saturated heterocycles. The Morgan fingerprint density at radius 1 is 1.09 bits per heavy atom. The van der Waals surface area contributed by atoms with Crippen molar-refractivity contribution in [1.29, 1.82) is 0 Å². The second kappa shape index (κ2) is 7.01. The molecule has 0 unspecified atom stereocenters. The van der Waals surface area contributed by atoms with Crippen molar-refractivity contribution in [3.05, 3.63) is 65.9 Å². The molecule has 118 valence electrons. The van der Waals surface area contributed by atoms with Crippen LogP contribution in [0.25, 0.3) is 11.0 Å². The SMILES string of the molecule is CCOc1ccc(CC(=O)OCc2cc3ccccc3o2)cc1. The third-order valence-electron chi connectivity index (χ3n) is 3.43. The second-order valence-electron chi connectivity index (χ2n) is 5.16. The van der Waals surface area contributed by atoms with Crippen LogP contribution in [0.5, 0.6) is 5.75 Å². The number of furan rings is 1. The fourth-order valence-electron chi connectivity index (χ4n) is 2.35. The molecule has 0 aliphatic heterocycles. The van der Waals surface area contributed by atoms with E-state index in [1.807, 2.05) is 61.5 Å². The van der Waals surface area contributed by atoms with E-state index in [1.165, 1.54) is 0 Å². The van der Waals surface area contributed by atoms with Crippen molar-refractivity contribution in [3.63, 3.8) is 0 Å². The molecule has 2 aromatic carbocycles. The van der Waals surface area contributed by atoms with E-state index in [-0.39, 0.29) is 19.0 Å². The monoisotopic (exact) mass is 310 g/mol. The minimum atomic E-state index is -0.283. The highest BCUT2D eigenvalue weighted by Crippen LogP contribution is 2.19. The first-order valence-corrected chi connectivity index (χ1v) is 7.59. The fourth-order valence-corrected chi connectivity index (χ4v) is 2.35. The highest BCUT2D eigenvalue weighted by molar-refractivity contribution is 5.77. The maximum Gasteiger partial charge on any atom is 0.310 e. The van der Waals surface area contributed by atoms with Crippen molar-refractivity contribution >= 4 is 16.9 Å². The van der Waals surface area contributed by atoms with Crippen LogP contribution in [0, 0.1) is 0 Å². The maximum absolute atomic E-state index is 11.9. The molecule has 0 amide bonds. The van der Waals surface area contributed by atoms with Crippen LogP contribution >= 0.6 is 0 Å². The lowest BCUT2D eigenvalue weighted by Crippen LogP contribution is -2.07. The topological polar surface area (TPSA) is 48.7 Å². The average Bonchev–Trinajstić information content (AvgIpc) is 2.98. The Kier molecular flexibility index (Phi) is 4.62. The first-order valence-electron chi connectivity index (χ1n) is 7.59. The van der Waals surface area contributed by atoms with E-state index in [0.717, 1.165) is 22.3 Å². The Labute approximate surface area is 134 Å². The molecule has 1 aromatic heterocycles. The lowest BCUT2D eigenvalue weighted by atomic mass is 10.1. The van der Waals surface area contributed by atoms with Crippen LogP contribution in [0.3, 0.4) is 0 Å². The summed E-state index contributed by atoms with van der Waals surface area (Å²) < 4.78 is 16.3. The molecule has 1 heterocycles. The number of para-hydroxylation sites is 1. The molecule has 0 spiro atoms. The molecule has 3 aromatic rings. The van der Waals surface area contributed by atoms with E-state index in [9.17, 15) is 4.79 Å². The highest BCUT2D eigenvalue weighted by atomic mass is 16.5. The average molecular weight is 310 g/mol. The van der Waals surface area contributed by atoms with E-state index in [4.69, 9.17) is 13.9 Å². The van der Waals surface area contributed by atoms with Crippen LogP contribution in [0.4, 0.5) is 0 Å². The van der Waals surface area contributed by atoms with Gasteiger partial charge in [-0.2, -0.15) is 0 Å². The Balaban J connectivity index is 1.54. The Morgan fingerprint density at radius 3 is 2.61 bits per heavy atom. The molecular formula is C19H18O4. The van der Waals surface area contributed by atoms with Gasteiger partial charge < -0.3 is 13.9 Å². The van der Waals surface area contributed by atoms with Gasteiger partial charge >= 0.3 is 5.97 Å². The van der Waals surface area contributed by atoms with Gasteiger partial charge in [-0.25, -0.2) is 0 Å². The van der Waals surface area contributed by atoms with E-state index in [1.54, 1.807) is 0 Å². The second-order valence-corrected chi connectivity index (χ2v) is 5.16. The van der Waals surface area contributed by atoms with Gasteiger partial charge in [-0.1, -0.05) is 30.3 Å². The van der Waals surface area contributed by atoms with Gasteiger partial charge in [0, 0.05) is 5.39 Å². The summed E-state index contributed by atoms with van der Waals surface area (Å²) in [4.78, 5) is 11.9. The fraction of sp³-hybridized carbons (Fsp3) is 0.211. The van der Waals surface area contributed by atoms with Crippen molar-refractivity contribution < 1.29 is 18.7 Å². The van der Waals surface area contributed by atoms with Gasteiger partial charge in [0.2, 0.25) is 0 Å². The molecular weight excluding hydrogens is 292 g/mol. The summed E-state index contributed by atoms with van der Waals surface area (Å²) >= 11 is 0. The van der Waals surface area contributed by atoms with Gasteiger partial charge in [0.1, 0.15) is 23.7 Å². The number of esters is 1. The Hall–Kier alpha value is -2.75. The number of fused-ring (bicyclic) bond motifs is 1. The predicted molar refractivity (Wildman–Crippen MR) is 87.3 cm³/mol. The number of hydrogen-bond acceptors (Lipinski definition) is 4. The molecule has 0 atom stereocenters. The molecule has 0 N–H and O–H groups in total. The molecule has 0 aliphatic rings. The summed E-state index contributed by atoms with van der Waals surface area (Å²) in [5.74, 6) is 1.16. The van der Waals surface area contributed by atoms with E-state index in [0.29, 0.717) is 12.4 Å².